The van der Waals surface area contributed by atoms with Crippen molar-refractivity contribution in [3.63, 3.8) is 0 Å². The number of anilines is 1. The first-order chi connectivity index (χ1) is 15.2. The fourth-order valence-corrected chi connectivity index (χ4v) is 3.69. The molecule has 31 heavy (non-hydrogen) atoms. The molecule has 0 saturated carbocycles. The molecule has 0 atom stereocenters. The number of pyridine rings is 1. The number of hydrogen-bond acceptors (Lipinski definition) is 7. The van der Waals surface area contributed by atoms with Crippen LogP contribution in [0.15, 0.2) is 43.0 Å². The molecule has 0 spiro atoms. The van der Waals surface area contributed by atoms with Gasteiger partial charge in [0.05, 0.1) is 18.4 Å². The van der Waals surface area contributed by atoms with Gasteiger partial charge < -0.3 is 10.1 Å². The van der Waals surface area contributed by atoms with E-state index in [-0.39, 0.29) is 18.1 Å². The molecule has 0 aliphatic carbocycles. The van der Waals surface area contributed by atoms with Gasteiger partial charge in [-0.25, -0.2) is 14.4 Å². The van der Waals surface area contributed by atoms with Gasteiger partial charge in [-0.3, -0.25) is 9.38 Å². The topological polar surface area (TPSA) is 112 Å². The van der Waals surface area contributed by atoms with Gasteiger partial charge in [0.2, 0.25) is 5.95 Å². The quantitative estimate of drug-likeness (QED) is 0.549. The Kier molecular flexibility index (Phi) is 4.42. The molecule has 1 aliphatic rings. The first-order valence-electron chi connectivity index (χ1n) is 9.48. The molecule has 0 unspecified atom stereocenters. The predicted octanol–water partition coefficient (Wildman–Crippen LogP) is 3.22. The van der Waals surface area contributed by atoms with Gasteiger partial charge in [0.25, 0.3) is 0 Å². The van der Waals surface area contributed by atoms with Gasteiger partial charge in [-0.2, -0.15) is 10.5 Å². The van der Waals surface area contributed by atoms with E-state index in [1.54, 1.807) is 35.1 Å². The summed E-state index contributed by atoms with van der Waals surface area (Å²) < 4.78 is 21.6. The Morgan fingerprint density at radius 3 is 2.94 bits per heavy atom. The van der Waals surface area contributed by atoms with E-state index in [0.717, 1.165) is 5.56 Å². The van der Waals surface area contributed by atoms with Crippen molar-refractivity contribution in [2.45, 2.75) is 13.0 Å². The average molecular weight is 411 g/mol. The molecule has 1 N–H and O–H groups in total. The van der Waals surface area contributed by atoms with Crippen LogP contribution in [-0.4, -0.2) is 26.0 Å². The highest BCUT2D eigenvalue weighted by atomic mass is 19.1. The van der Waals surface area contributed by atoms with Crippen molar-refractivity contribution in [2.75, 3.05) is 11.9 Å². The number of hydrogen-bond donors (Lipinski definition) is 1. The highest BCUT2D eigenvalue weighted by Crippen LogP contribution is 2.31. The molecule has 8 nitrogen and oxygen atoms in total. The Morgan fingerprint density at radius 1 is 1.19 bits per heavy atom. The van der Waals surface area contributed by atoms with Crippen molar-refractivity contribution in [2.24, 2.45) is 0 Å². The zero-order valence-corrected chi connectivity index (χ0v) is 16.1. The molecular weight excluding hydrogens is 397 g/mol. The lowest BCUT2D eigenvalue weighted by atomic mass is 10.0. The Morgan fingerprint density at radius 2 is 2.10 bits per heavy atom. The largest absolute Gasteiger partial charge is 0.493 e. The lowest BCUT2D eigenvalue weighted by molar-refractivity contribution is 0.356. The first-order valence-corrected chi connectivity index (χ1v) is 9.48. The Bertz CT molecular complexity index is 1410. The van der Waals surface area contributed by atoms with E-state index in [4.69, 9.17) is 10.00 Å². The van der Waals surface area contributed by atoms with Crippen LogP contribution in [0, 0.1) is 28.5 Å². The van der Waals surface area contributed by atoms with Crippen LogP contribution in [0.2, 0.25) is 0 Å². The number of rotatable bonds is 4. The molecule has 0 saturated heterocycles. The summed E-state index contributed by atoms with van der Waals surface area (Å²) in [6.07, 6.45) is 6.88. The third-order valence-electron chi connectivity index (χ3n) is 5.15. The number of halogens is 1. The third kappa shape index (κ3) is 3.18. The monoisotopic (exact) mass is 411 g/mol. The number of imidazole rings is 1. The van der Waals surface area contributed by atoms with Gasteiger partial charge in [-0.1, -0.05) is 0 Å². The molecule has 4 heterocycles. The molecule has 1 aliphatic heterocycles. The summed E-state index contributed by atoms with van der Waals surface area (Å²) in [6, 6.07) is 8.81. The maximum atomic E-state index is 14.5. The lowest BCUT2D eigenvalue weighted by Crippen LogP contribution is -2.09. The zero-order valence-electron chi connectivity index (χ0n) is 16.1. The van der Waals surface area contributed by atoms with Crippen LogP contribution < -0.4 is 10.1 Å². The van der Waals surface area contributed by atoms with E-state index in [1.807, 2.05) is 6.07 Å². The fraction of sp³-hybridized carbons (Fsp3) is 0.136. The van der Waals surface area contributed by atoms with Gasteiger partial charge in [-0.15, -0.1) is 0 Å². The number of aromatic nitrogens is 4. The number of fused-ring (bicyclic) bond motifs is 2. The van der Waals surface area contributed by atoms with Crippen LogP contribution in [0.3, 0.4) is 0 Å². The van der Waals surface area contributed by atoms with E-state index in [1.165, 1.54) is 12.3 Å². The second kappa shape index (κ2) is 7.39. The van der Waals surface area contributed by atoms with E-state index in [0.29, 0.717) is 52.6 Å². The number of nitrogens with one attached hydrogen (secondary N) is 1. The molecule has 0 radical (unpaired) electrons. The summed E-state index contributed by atoms with van der Waals surface area (Å²) in [5, 5.41) is 21.6. The third-order valence-corrected chi connectivity index (χ3v) is 5.15. The predicted molar refractivity (Wildman–Crippen MR) is 109 cm³/mol. The SMILES string of the molecule is N#Cc1cncc(-c2cnc(NCc3c(F)ccc4c3CCO4)n3cc(C#N)nc23)c1. The van der Waals surface area contributed by atoms with Crippen molar-refractivity contribution in [3.8, 4) is 29.0 Å². The Balaban J connectivity index is 1.56. The second-order valence-corrected chi connectivity index (χ2v) is 6.96. The normalized spacial score (nSPS) is 12.1. The van der Waals surface area contributed by atoms with Gasteiger partial charge in [0.1, 0.15) is 23.7 Å². The smallest absolute Gasteiger partial charge is 0.208 e. The number of nitrogens with zero attached hydrogens (tertiary/aromatic N) is 6. The van der Waals surface area contributed by atoms with Crippen LogP contribution in [0.4, 0.5) is 10.3 Å². The summed E-state index contributed by atoms with van der Waals surface area (Å²) in [5.41, 5.74) is 3.75. The van der Waals surface area contributed by atoms with Crippen LogP contribution in [0.5, 0.6) is 5.75 Å². The Hall–Kier alpha value is -4.50. The van der Waals surface area contributed by atoms with Gasteiger partial charge in [0, 0.05) is 53.8 Å². The van der Waals surface area contributed by atoms with Crippen molar-refractivity contribution in [3.05, 3.63) is 71.2 Å². The molecule has 0 fully saturated rings. The van der Waals surface area contributed by atoms with Gasteiger partial charge in [0.15, 0.2) is 11.3 Å². The van der Waals surface area contributed by atoms with Crippen molar-refractivity contribution < 1.29 is 9.13 Å². The van der Waals surface area contributed by atoms with Gasteiger partial charge in [-0.05, 0) is 18.2 Å². The highest BCUT2D eigenvalue weighted by molar-refractivity contribution is 5.78. The molecule has 150 valence electrons. The number of ether oxygens (including phenoxy) is 1. The molecule has 1 aromatic carbocycles. The maximum absolute atomic E-state index is 14.5. The maximum Gasteiger partial charge on any atom is 0.208 e. The van der Waals surface area contributed by atoms with Crippen molar-refractivity contribution in [1.82, 2.24) is 19.4 Å². The standard InChI is InChI=1S/C22H14FN7O/c23-19-1-2-20-16(3-4-31-20)18(19)11-28-22-27-10-17(14-5-13(6-24)8-26-9-14)21-29-15(7-25)12-30(21)22/h1-2,5,8-10,12H,3-4,11H2,(H,27,28). The van der Waals surface area contributed by atoms with E-state index in [2.05, 4.69) is 26.3 Å². The van der Waals surface area contributed by atoms with E-state index in [9.17, 15) is 9.65 Å². The highest BCUT2D eigenvalue weighted by Gasteiger charge is 2.20. The molecular formula is C22H14FN7O. The lowest BCUT2D eigenvalue weighted by Gasteiger charge is -2.13. The number of nitriles is 2. The summed E-state index contributed by atoms with van der Waals surface area (Å²) in [5.74, 6) is 0.798. The minimum absolute atomic E-state index is 0.200. The van der Waals surface area contributed by atoms with Crippen molar-refractivity contribution in [1.29, 1.82) is 10.5 Å². The first kappa shape index (κ1) is 18.5. The van der Waals surface area contributed by atoms with Crippen LogP contribution in [-0.2, 0) is 13.0 Å². The Labute approximate surface area is 176 Å². The average Bonchev–Trinajstić information content (AvgIpc) is 3.45. The second-order valence-electron chi connectivity index (χ2n) is 6.96. The molecule has 0 bridgehead atoms. The summed E-state index contributed by atoms with van der Waals surface area (Å²) in [7, 11) is 0. The van der Waals surface area contributed by atoms with Crippen molar-refractivity contribution >= 4 is 11.6 Å². The number of benzene rings is 1. The van der Waals surface area contributed by atoms with Crippen LogP contribution in [0.1, 0.15) is 22.4 Å². The summed E-state index contributed by atoms with van der Waals surface area (Å²) in [4.78, 5) is 12.9. The van der Waals surface area contributed by atoms with Crippen LogP contribution in [0.25, 0.3) is 16.8 Å². The van der Waals surface area contributed by atoms with Crippen LogP contribution >= 0.6 is 0 Å². The molecule has 9 heteroatoms. The van der Waals surface area contributed by atoms with E-state index >= 15 is 0 Å². The summed E-state index contributed by atoms with van der Waals surface area (Å²) >= 11 is 0. The minimum Gasteiger partial charge on any atom is -0.493 e. The zero-order chi connectivity index (χ0) is 21.4. The molecule has 4 aromatic rings. The van der Waals surface area contributed by atoms with Gasteiger partial charge >= 0.3 is 0 Å². The minimum atomic E-state index is -0.313. The summed E-state index contributed by atoms with van der Waals surface area (Å²) in [6.45, 7) is 0.733. The fourth-order valence-electron chi connectivity index (χ4n) is 3.69. The van der Waals surface area contributed by atoms with E-state index < -0.39 is 0 Å². The molecule has 0 amide bonds. The molecule has 5 rings (SSSR count). The molecule has 3 aromatic heterocycles.